The molecule has 0 aliphatic rings. The zero-order chi connectivity index (χ0) is 15.8. The molecule has 4 rings (SSSR count). The highest BCUT2D eigenvalue weighted by molar-refractivity contribution is 6.12. The maximum Gasteiger partial charge on any atom is 0.170 e. The van der Waals surface area contributed by atoms with E-state index in [1.807, 2.05) is 65.3 Å². The Bertz CT molecular complexity index is 1020. The minimum absolute atomic E-state index is 0.410. The maximum absolute atomic E-state index is 11.5. The molecule has 0 radical (unpaired) electrons. The van der Waals surface area contributed by atoms with Gasteiger partial charge < -0.3 is 4.74 Å². The monoisotopic (exact) mass is 302 g/mol. The lowest BCUT2D eigenvalue weighted by atomic mass is 10.0. The molecule has 0 saturated heterocycles. The van der Waals surface area contributed by atoms with Crippen LogP contribution in [-0.4, -0.2) is 23.2 Å². The average Bonchev–Trinajstić information content (AvgIpc) is 3.00. The number of carbonyl (C=O) groups is 1. The summed E-state index contributed by atoms with van der Waals surface area (Å²) in [6.45, 7) is 0. The highest BCUT2D eigenvalue weighted by Crippen LogP contribution is 2.35. The van der Waals surface area contributed by atoms with Crippen LogP contribution in [-0.2, 0) is 0 Å². The van der Waals surface area contributed by atoms with Gasteiger partial charge in [-0.15, -0.1) is 0 Å². The molecule has 0 fully saturated rings. The van der Waals surface area contributed by atoms with Crippen molar-refractivity contribution in [1.82, 2.24) is 9.78 Å². The van der Waals surface area contributed by atoms with Crippen molar-refractivity contribution in [3.8, 4) is 11.4 Å². The van der Waals surface area contributed by atoms with Gasteiger partial charge >= 0.3 is 0 Å². The predicted molar refractivity (Wildman–Crippen MR) is 90.5 cm³/mol. The Kier molecular flexibility index (Phi) is 3.08. The third-order valence-electron chi connectivity index (χ3n) is 4.01. The van der Waals surface area contributed by atoms with Crippen LogP contribution in [0.4, 0.5) is 0 Å². The summed E-state index contributed by atoms with van der Waals surface area (Å²) in [6.07, 6.45) is 0.788. The van der Waals surface area contributed by atoms with Crippen molar-refractivity contribution < 1.29 is 9.53 Å². The molecule has 0 N–H and O–H groups in total. The van der Waals surface area contributed by atoms with Gasteiger partial charge in [-0.1, -0.05) is 42.5 Å². The van der Waals surface area contributed by atoms with Gasteiger partial charge in [0.2, 0.25) is 0 Å². The normalized spacial score (nSPS) is 11.0. The Labute approximate surface area is 132 Å². The zero-order valence-electron chi connectivity index (χ0n) is 12.6. The fourth-order valence-electron chi connectivity index (χ4n) is 2.97. The van der Waals surface area contributed by atoms with Crippen LogP contribution in [0.2, 0.25) is 0 Å². The number of ether oxygens (including phenoxy) is 1. The summed E-state index contributed by atoms with van der Waals surface area (Å²) in [5, 5.41) is 7.29. The lowest BCUT2D eigenvalue weighted by Gasteiger charge is -2.09. The van der Waals surface area contributed by atoms with Crippen LogP contribution in [0, 0.1) is 0 Å². The molecule has 0 spiro atoms. The Balaban J connectivity index is 2.21. The SMILES string of the molecule is COc1cc2c(C=O)nn(-c3ccccc3)c2c2ccccc12. The number of hydrogen-bond acceptors (Lipinski definition) is 3. The fraction of sp³-hybridized carbons (Fsp3) is 0.0526. The Morgan fingerprint density at radius 2 is 1.65 bits per heavy atom. The molecule has 4 heteroatoms. The number of nitrogens with zero attached hydrogens (tertiary/aromatic N) is 2. The van der Waals surface area contributed by atoms with Gasteiger partial charge in [-0.25, -0.2) is 4.68 Å². The second-order valence-electron chi connectivity index (χ2n) is 5.27. The van der Waals surface area contributed by atoms with Crippen LogP contribution in [0.3, 0.4) is 0 Å². The quantitative estimate of drug-likeness (QED) is 0.537. The molecule has 1 heterocycles. The fourth-order valence-corrected chi connectivity index (χ4v) is 2.97. The molecule has 112 valence electrons. The number of para-hydroxylation sites is 1. The lowest BCUT2D eigenvalue weighted by molar-refractivity contribution is 0.112. The molecule has 0 aliphatic carbocycles. The second-order valence-corrected chi connectivity index (χ2v) is 5.27. The van der Waals surface area contributed by atoms with Crippen molar-refractivity contribution in [2.45, 2.75) is 0 Å². The van der Waals surface area contributed by atoms with Crippen molar-refractivity contribution in [3.63, 3.8) is 0 Å². The van der Waals surface area contributed by atoms with Crippen molar-refractivity contribution in [1.29, 1.82) is 0 Å². The van der Waals surface area contributed by atoms with E-state index in [-0.39, 0.29) is 0 Å². The average molecular weight is 302 g/mol. The van der Waals surface area contributed by atoms with E-state index in [0.29, 0.717) is 5.69 Å². The summed E-state index contributed by atoms with van der Waals surface area (Å²) in [5.41, 5.74) is 2.24. The molecular formula is C19H14N2O2. The van der Waals surface area contributed by atoms with Crippen LogP contribution in [0.15, 0.2) is 60.7 Å². The first-order valence-electron chi connectivity index (χ1n) is 7.32. The van der Waals surface area contributed by atoms with Crippen LogP contribution in [0.5, 0.6) is 5.75 Å². The van der Waals surface area contributed by atoms with Crippen molar-refractivity contribution >= 4 is 28.0 Å². The molecular weight excluding hydrogens is 288 g/mol. The third-order valence-corrected chi connectivity index (χ3v) is 4.01. The van der Waals surface area contributed by atoms with Crippen molar-refractivity contribution in [3.05, 3.63) is 66.4 Å². The van der Waals surface area contributed by atoms with Gasteiger partial charge in [0, 0.05) is 16.2 Å². The summed E-state index contributed by atoms with van der Waals surface area (Å²) in [5.74, 6) is 0.740. The Hall–Kier alpha value is -3.14. The number of rotatable bonds is 3. The summed E-state index contributed by atoms with van der Waals surface area (Å²) in [4.78, 5) is 11.5. The number of benzene rings is 3. The Morgan fingerprint density at radius 1 is 0.957 bits per heavy atom. The number of hydrogen-bond donors (Lipinski definition) is 0. The van der Waals surface area contributed by atoms with E-state index in [0.717, 1.165) is 39.4 Å². The lowest BCUT2D eigenvalue weighted by Crippen LogP contribution is -1.97. The van der Waals surface area contributed by atoms with Gasteiger partial charge in [0.25, 0.3) is 0 Å². The molecule has 0 atom stereocenters. The predicted octanol–water partition coefficient (Wildman–Crippen LogP) is 4.00. The standard InChI is InChI=1S/C19H14N2O2/c1-23-18-11-16-17(12-22)20-21(13-7-3-2-4-8-13)19(16)15-10-6-5-9-14(15)18/h2-12H,1H3. The molecule has 0 aliphatic heterocycles. The molecule has 0 unspecified atom stereocenters. The van der Waals surface area contributed by atoms with E-state index >= 15 is 0 Å². The number of aromatic nitrogens is 2. The van der Waals surface area contributed by atoms with E-state index < -0.39 is 0 Å². The molecule has 0 saturated carbocycles. The van der Waals surface area contributed by atoms with Crippen molar-refractivity contribution in [2.75, 3.05) is 7.11 Å². The van der Waals surface area contributed by atoms with E-state index in [2.05, 4.69) is 5.10 Å². The highest BCUT2D eigenvalue weighted by atomic mass is 16.5. The van der Waals surface area contributed by atoms with Crippen LogP contribution >= 0.6 is 0 Å². The van der Waals surface area contributed by atoms with E-state index in [1.165, 1.54) is 0 Å². The maximum atomic E-state index is 11.5. The number of methoxy groups -OCH3 is 1. The smallest absolute Gasteiger partial charge is 0.170 e. The molecule has 0 amide bonds. The van der Waals surface area contributed by atoms with E-state index in [9.17, 15) is 4.79 Å². The van der Waals surface area contributed by atoms with Gasteiger partial charge in [0.05, 0.1) is 18.3 Å². The summed E-state index contributed by atoms with van der Waals surface area (Å²) >= 11 is 0. The van der Waals surface area contributed by atoms with Gasteiger partial charge in [-0.2, -0.15) is 5.10 Å². The van der Waals surface area contributed by atoms with Gasteiger partial charge in [-0.3, -0.25) is 4.79 Å². The van der Waals surface area contributed by atoms with Crippen LogP contribution in [0.25, 0.3) is 27.4 Å². The molecule has 0 bridgehead atoms. The molecule has 23 heavy (non-hydrogen) atoms. The zero-order valence-corrected chi connectivity index (χ0v) is 12.6. The van der Waals surface area contributed by atoms with Crippen molar-refractivity contribution in [2.24, 2.45) is 0 Å². The van der Waals surface area contributed by atoms with Crippen LogP contribution < -0.4 is 4.74 Å². The Morgan fingerprint density at radius 3 is 2.35 bits per heavy atom. The molecule has 1 aromatic heterocycles. The second kappa shape index (κ2) is 5.25. The van der Waals surface area contributed by atoms with Gasteiger partial charge in [0.15, 0.2) is 6.29 Å². The summed E-state index contributed by atoms with van der Waals surface area (Å²) < 4.78 is 7.32. The largest absolute Gasteiger partial charge is 0.496 e. The first-order valence-corrected chi connectivity index (χ1v) is 7.32. The molecule has 3 aromatic carbocycles. The first kappa shape index (κ1) is 13.5. The first-order chi connectivity index (χ1) is 11.3. The highest BCUT2D eigenvalue weighted by Gasteiger charge is 2.17. The van der Waals surface area contributed by atoms with Gasteiger partial charge in [-0.05, 0) is 18.2 Å². The van der Waals surface area contributed by atoms with E-state index in [4.69, 9.17) is 4.74 Å². The topological polar surface area (TPSA) is 44.1 Å². The third kappa shape index (κ3) is 1.99. The number of aldehydes is 1. The number of carbonyl (C=O) groups excluding carboxylic acids is 1. The summed E-state index contributed by atoms with van der Waals surface area (Å²) in [7, 11) is 1.63. The summed E-state index contributed by atoms with van der Waals surface area (Å²) in [6, 6.07) is 19.7. The number of fused-ring (bicyclic) bond motifs is 3. The molecule has 4 nitrogen and oxygen atoms in total. The van der Waals surface area contributed by atoms with Crippen LogP contribution in [0.1, 0.15) is 10.5 Å². The van der Waals surface area contributed by atoms with Gasteiger partial charge in [0.1, 0.15) is 11.4 Å². The minimum atomic E-state index is 0.410. The minimum Gasteiger partial charge on any atom is -0.496 e. The van der Waals surface area contributed by atoms with E-state index in [1.54, 1.807) is 7.11 Å². The molecule has 4 aromatic rings.